The number of amides is 1. The molecular formula is C13H12ClN3O2. The predicted molar refractivity (Wildman–Crippen MR) is 72.0 cm³/mol. The van der Waals surface area contributed by atoms with E-state index in [1.807, 2.05) is 0 Å². The number of ketones is 1. The summed E-state index contributed by atoms with van der Waals surface area (Å²) in [6, 6.07) is 6.61. The van der Waals surface area contributed by atoms with Gasteiger partial charge in [0.1, 0.15) is 0 Å². The molecule has 1 amide bonds. The summed E-state index contributed by atoms with van der Waals surface area (Å²) in [7, 11) is 1.54. The van der Waals surface area contributed by atoms with Crippen LogP contribution in [0.1, 0.15) is 27.8 Å². The summed E-state index contributed by atoms with van der Waals surface area (Å²) in [4.78, 5) is 22.7. The number of halogens is 1. The third-order valence-corrected chi connectivity index (χ3v) is 2.96. The van der Waals surface area contributed by atoms with Crippen LogP contribution in [0.5, 0.6) is 0 Å². The van der Waals surface area contributed by atoms with E-state index in [0.29, 0.717) is 22.0 Å². The van der Waals surface area contributed by atoms with Crippen LogP contribution in [-0.2, 0) is 0 Å². The standard InChI is InChI=1S/C13H12ClN3O2/c1-8(18)10-4-3-9(7-11(10)14)17-6-5-12(16-17)13(19)15-2/h3-7H,1-2H3,(H,15,19). The van der Waals surface area contributed by atoms with Crippen LogP contribution >= 0.6 is 11.6 Å². The predicted octanol–water partition coefficient (Wildman–Crippen LogP) is 2.09. The molecule has 0 aliphatic carbocycles. The van der Waals surface area contributed by atoms with Gasteiger partial charge in [0.05, 0.1) is 10.7 Å². The summed E-state index contributed by atoms with van der Waals surface area (Å²) >= 11 is 6.03. The van der Waals surface area contributed by atoms with Crippen molar-refractivity contribution in [2.75, 3.05) is 7.05 Å². The van der Waals surface area contributed by atoms with Crippen LogP contribution < -0.4 is 5.32 Å². The molecule has 0 bridgehead atoms. The van der Waals surface area contributed by atoms with E-state index in [2.05, 4.69) is 10.4 Å². The van der Waals surface area contributed by atoms with E-state index < -0.39 is 0 Å². The maximum absolute atomic E-state index is 11.4. The molecule has 0 saturated carbocycles. The summed E-state index contributed by atoms with van der Waals surface area (Å²) in [5, 5.41) is 6.99. The van der Waals surface area contributed by atoms with Crippen molar-refractivity contribution < 1.29 is 9.59 Å². The normalized spacial score (nSPS) is 10.3. The first kappa shape index (κ1) is 13.3. The van der Waals surface area contributed by atoms with Crippen molar-refractivity contribution in [2.45, 2.75) is 6.92 Å². The molecule has 0 spiro atoms. The molecule has 19 heavy (non-hydrogen) atoms. The average Bonchev–Trinajstić information content (AvgIpc) is 2.86. The number of hydrogen-bond acceptors (Lipinski definition) is 3. The molecular weight excluding hydrogens is 266 g/mol. The molecule has 0 radical (unpaired) electrons. The van der Waals surface area contributed by atoms with Crippen LogP contribution in [0.25, 0.3) is 5.69 Å². The number of nitrogens with one attached hydrogen (secondary N) is 1. The molecule has 0 aliphatic heterocycles. The molecule has 0 atom stereocenters. The van der Waals surface area contributed by atoms with Crippen molar-refractivity contribution in [1.82, 2.24) is 15.1 Å². The topological polar surface area (TPSA) is 64.0 Å². The summed E-state index contributed by atoms with van der Waals surface area (Å²) < 4.78 is 1.53. The van der Waals surface area contributed by atoms with E-state index >= 15 is 0 Å². The van der Waals surface area contributed by atoms with Gasteiger partial charge in [-0.1, -0.05) is 11.6 Å². The Balaban J connectivity index is 2.37. The fourth-order valence-corrected chi connectivity index (χ4v) is 1.96. The Labute approximate surface area is 115 Å². The Hall–Kier alpha value is -2.14. The summed E-state index contributed by atoms with van der Waals surface area (Å²) in [5.74, 6) is -0.353. The molecule has 0 aliphatic rings. The summed E-state index contributed by atoms with van der Waals surface area (Å²) in [6.45, 7) is 1.46. The molecule has 0 saturated heterocycles. The van der Waals surface area contributed by atoms with Gasteiger partial charge in [0.25, 0.3) is 5.91 Å². The first-order chi connectivity index (χ1) is 9.02. The molecule has 1 aromatic heterocycles. The van der Waals surface area contributed by atoms with Gasteiger partial charge in [-0.05, 0) is 31.2 Å². The van der Waals surface area contributed by atoms with Crippen molar-refractivity contribution in [3.63, 3.8) is 0 Å². The van der Waals surface area contributed by atoms with Gasteiger partial charge in [-0.15, -0.1) is 0 Å². The van der Waals surface area contributed by atoms with Crippen LogP contribution in [0.15, 0.2) is 30.5 Å². The van der Waals surface area contributed by atoms with Crippen molar-refractivity contribution in [3.05, 3.63) is 46.7 Å². The first-order valence-corrected chi connectivity index (χ1v) is 5.99. The van der Waals surface area contributed by atoms with E-state index in [-0.39, 0.29) is 11.7 Å². The highest BCUT2D eigenvalue weighted by Gasteiger charge is 2.10. The largest absolute Gasteiger partial charge is 0.354 e. The van der Waals surface area contributed by atoms with Crippen molar-refractivity contribution in [3.8, 4) is 5.69 Å². The summed E-state index contributed by atoms with van der Waals surface area (Å²) in [6.07, 6.45) is 1.66. The SMILES string of the molecule is CNC(=O)c1ccn(-c2ccc(C(C)=O)c(Cl)c2)n1. The van der Waals surface area contributed by atoms with Gasteiger partial charge in [-0.25, -0.2) is 4.68 Å². The number of aromatic nitrogens is 2. The quantitative estimate of drug-likeness (QED) is 0.874. The molecule has 1 heterocycles. The lowest BCUT2D eigenvalue weighted by Gasteiger charge is -2.05. The van der Waals surface area contributed by atoms with Gasteiger partial charge in [0, 0.05) is 18.8 Å². The van der Waals surface area contributed by atoms with Gasteiger partial charge < -0.3 is 5.32 Å². The van der Waals surface area contributed by atoms with Crippen LogP contribution in [0.4, 0.5) is 0 Å². The van der Waals surface area contributed by atoms with Crippen LogP contribution in [0.2, 0.25) is 5.02 Å². The average molecular weight is 278 g/mol. The molecule has 5 nitrogen and oxygen atoms in total. The highest BCUT2D eigenvalue weighted by atomic mass is 35.5. The maximum atomic E-state index is 11.4. The smallest absolute Gasteiger partial charge is 0.271 e. The lowest BCUT2D eigenvalue weighted by atomic mass is 10.1. The monoisotopic (exact) mass is 277 g/mol. The molecule has 0 fully saturated rings. The third-order valence-electron chi connectivity index (χ3n) is 2.65. The van der Waals surface area contributed by atoms with Crippen LogP contribution in [0.3, 0.4) is 0 Å². The van der Waals surface area contributed by atoms with E-state index in [4.69, 9.17) is 11.6 Å². The maximum Gasteiger partial charge on any atom is 0.271 e. The molecule has 1 aromatic carbocycles. The van der Waals surface area contributed by atoms with E-state index in [1.165, 1.54) is 11.6 Å². The highest BCUT2D eigenvalue weighted by Crippen LogP contribution is 2.20. The Kier molecular flexibility index (Phi) is 3.66. The highest BCUT2D eigenvalue weighted by molar-refractivity contribution is 6.34. The van der Waals surface area contributed by atoms with Gasteiger partial charge in [0.15, 0.2) is 11.5 Å². The molecule has 1 N–H and O–H groups in total. The van der Waals surface area contributed by atoms with E-state index in [9.17, 15) is 9.59 Å². The number of benzene rings is 1. The number of nitrogens with zero attached hydrogens (tertiary/aromatic N) is 2. The van der Waals surface area contributed by atoms with Gasteiger partial charge in [-0.3, -0.25) is 9.59 Å². The Morgan fingerprint density at radius 2 is 2.05 bits per heavy atom. The lowest BCUT2D eigenvalue weighted by molar-refractivity contribution is 0.0956. The number of hydrogen-bond donors (Lipinski definition) is 1. The van der Waals surface area contributed by atoms with Crippen LogP contribution in [0, 0.1) is 0 Å². The fourth-order valence-electron chi connectivity index (χ4n) is 1.65. The minimum absolute atomic E-state index is 0.0944. The lowest BCUT2D eigenvalue weighted by Crippen LogP contribution is -2.18. The fraction of sp³-hybridized carbons (Fsp3) is 0.154. The molecule has 98 valence electrons. The third kappa shape index (κ3) is 2.66. The van der Waals surface area contributed by atoms with E-state index in [1.54, 1.807) is 37.5 Å². The Bertz CT molecular complexity index is 649. The van der Waals surface area contributed by atoms with Crippen molar-refractivity contribution >= 4 is 23.3 Å². The second-order valence-corrected chi connectivity index (χ2v) is 4.35. The van der Waals surface area contributed by atoms with Gasteiger partial charge in [0.2, 0.25) is 0 Å². The number of Topliss-reactive ketones (excluding diaryl/α,β-unsaturated/α-hetero) is 1. The zero-order valence-electron chi connectivity index (χ0n) is 10.5. The minimum Gasteiger partial charge on any atom is -0.354 e. The minimum atomic E-state index is -0.259. The Morgan fingerprint density at radius 3 is 2.63 bits per heavy atom. The second-order valence-electron chi connectivity index (χ2n) is 3.95. The van der Waals surface area contributed by atoms with E-state index in [0.717, 1.165) is 0 Å². The Morgan fingerprint density at radius 1 is 1.32 bits per heavy atom. The summed E-state index contributed by atoms with van der Waals surface area (Å²) in [5.41, 5.74) is 1.46. The molecule has 6 heteroatoms. The number of rotatable bonds is 3. The van der Waals surface area contributed by atoms with Crippen molar-refractivity contribution in [1.29, 1.82) is 0 Å². The second kappa shape index (κ2) is 5.24. The zero-order chi connectivity index (χ0) is 14.0. The molecule has 2 aromatic rings. The van der Waals surface area contributed by atoms with Crippen molar-refractivity contribution in [2.24, 2.45) is 0 Å². The molecule has 2 rings (SSSR count). The first-order valence-electron chi connectivity index (χ1n) is 5.61. The van der Waals surface area contributed by atoms with Gasteiger partial charge in [-0.2, -0.15) is 5.10 Å². The molecule has 0 unspecified atom stereocenters. The number of carbonyl (C=O) groups excluding carboxylic acids is 2. The number of carbonyl (C=O) groups is 2. The zero-order valence-corrected chi connectivity index (χ0v) is 11.2. The van der Waals surface area contributed by atoms with Crippen LogP contribution in [-0.4, -0.2) is 28.5 Å². The van der Waals surface area contributed by atoms with Gasteiger partial charge >= 0.3 is 0 Å².